The summed E-state index contributed by atoms with van der Waals surface area (Å²) in [7, 11) is 1.32. The quantitative estimate of drug-likeness (QED) is 0.631. The standard InChI is InChI=1S/C20H18F3N3O3/c1-3-16-15(11-24-26(16)14-7-4-12(21)5-8-14)19(27)25-13-6-9-17(28-2)18(10-13)29-20(22)23/h4-11,20H,3H2,1-2H3,(H,25,27). The second-order valence-electron chi connectivity index (χ2n) is 5.94. The van der Waals surface area contributed by atoms with Crippen molar-refractivity contribution in [3.05, 3.63) is 65.7 Å². The lowest BCUT2D eigenvalue weighted by molar-refractivity contribution is -0.0511. The molecule has 3 aromatic rings. The zero-order valence-electron chi connectivity index (χ0n) is 15.7. The van der Waals surface area contributed by atoms with Crippen LogP contribution < -0.4 is 14.8 Å². The molecule has 0 saturated heterocycles. The van der Waals surface area contributed by atoms with Crippen LogP contribution in [0.15, 0.2) is 48.7 Å². The Balaban J connectivity index is 1.87. The minimum Gasteiger partial charge on any atom is -0.493 e. The molecule has 1 aromatic heterocycles. The molecule has 6 nitrogen and oxygen atoms in total. The van der Waals surface area contributed by atoms with Crippen LogP contribution in [0.1, 0.15) is 23.0 Å². The van der Waals surface area contributed by atoms with Gasteiger partial charge in [-0.25, -0.2) is 9.07 Å². The number of halogens is 3. The normalized spacial score (nSPS) is 10.8. The number of amides is 1. The van der Waals surface area contributed by atoms with Gasteiger partial charge in [0.05, 0.1) is 30.3 Å². The van der Waals surface area contributed by atoms with E-state index < -0.39 is 12.5 Å². The molecule has 0 atom stereocenters. The Morgan fingerprint density at radius 1 is 1.17 bits per heavy atom. The molecule has 0 saturated carbocycles. The van der Waals surface area contributed by atoms with E-state index in [-0.39, 0.29) is 23.0 Å². The van der Waals surface area contributed by atoms with Crippen LogP contribution in [0.2, 0.25) is 0 Å². The summed E-state index contributed by atoms with van der Waals surface area (Å²) in [4.78, 5) is 12.7. The van der Waals surface area contributed by atoms with Crippen LogP contribution in [0.4, 0.5) is 18.9 Å². The number of ether oxygens (including phenoxy) is 2. The summed E-state index contributed by atoms with van der Waals surface area (Å²) >= 11 is 0. The molecule has 0 bridgehead atoms. The molecule has 0 fully saturated rings. The maximum atomic E-state index is 13.2. The molecule has 152 valence electrons. The van der Waals surface area contributed by atoms with Gasteiger partial charge in [0.15, 0.2) is 11.5 Å². The predicted octanol–water partition coefficient (Wildman–Crippen LogP) is 4.44. The van der Waals surface area contributed by atoms with Crippen LogP contribution in [0.3, 0.4) is 0 Å². The van der Waals surface area contributed by atoms with E-state index in [9.17, 15) is 18.0 Å². The fourth-order valence-corrected chi connectivity index (χ4v) is 2.85. The van der Waals surface area contributed by atoms with Gasteiger partial charge in [0.2, 0.25) is 0 Å². The van der Waals surface area contributed by atoms with Gasteiger partial charge in [0.25, 0.3) is 5.91 Å². The molecule has 0 radical (unpaired) electrons. The monoisotopic (exact) mass is 405 g/mol. The van der Waals surface area contributed by atoms with Crippen molar-refractivity contribution in [2.24, 2.45) is 0 Å². The first kappa shape index (κ1) is 20.2. The van der Waals surface area contributed by atoms with Crippen molar-refractivity contribution in [1.82, 2.24) is 9.78 Å². The van der Waals surface area contributed by atoms with Crippen molar-refractivity contribution in [1.29, 1.82) is 0 Å². The number of alkyl halides is 2. The van der Waals surface area contributed by atoms with Gasteiger partial charge < -0.3 is 14.8 Å². The summed E-state index contributed by atoms with van der Waals surface area (Å²) in [5.74, 6) is -0.929. The van der Waals surface area contributed by atoms with Crippen LogP contribution in [0, 0.1) is 5.82 Å². The van der Waals surface area contributed by atoms with E-state index in [4.69, 9.17) is 4.74 Å². The minimum atomic E-state index is -3.03. The third-order valence-corrected chi connectivity index (χ3v) is 4.16. The molecule has 2 aromatic carbocycles. The number of aromatic nitrogens is 2. The Hall–Kier alpha value is -3.49. The highest BCUT2D eigenvalue weighted by Gasteiger charge is 2.19. The molecule has 0 aliphatic carbocycles. The average molecular weight is 405 g/mol. The number of hydrogen-bond donors (Lipinski definition) is 1. The zero-order chi connectivity index (χ0) is 21.0. The lowest BCUT2D eigenvalue weighted by Gasteiger charge is -2.12. The van der Waals surface area contributed by atoms with Gasteiger partial charge in [0.1, 0.15) is 5.82 Å². The lowest BCUT2D eigenvalue weighted by Crippen LogP contribution is -2.14. The molecule has 9 heteroatoms. The molecule has 1 N–H and O–H groups in total. The molecular weight excluding hydrogens is 387 g/mol. The topological polar surface area (TPSA) is 65.4 Å². The van der Waals surface area contributed by atoms with Crippen molar-refractivity contribution >= 4 is 11.6 Å². The van der Waals surface area contributed by atoms with E-state index in [2.05, 4.69) is 15.2 Å². The highest BCUT2D eigenvalue weighted by Crippen LogP contribution is 2.31. The summed E-state index contributed by atoms with van der Waals surface area (Å²) in [5, 5.41) is 6.86. The molecule has 1 amide bonds. The van der Waals surface area contributed by atoms with Crippen molar-refractivity contribution < 1.29 is 27.4 Å². The highest BCUT2D eigenvalue weighted by molar-refractivity contribution is 6.05. The van der Waals surface area contributed by atoms with E-state index >= 15 is 0 Å². The number of anilines is 1. The van der Waals surface area contributed by atoms with Gasteiger partial charge >= 0.3 is 6.61 Å². The SMILES string of the molecule is CCc1c(C(=O)Nc2ccc(OC)c(OC(F)F)c2)cnn1-c1ccc(F)cc1. The molecule has 0 aliphatic rings. The van der Waals surface area contributed by atoms with E-state index in [1.165, 1.54) is 43.6 Å². The largest absolute Gasteiger partial charge is 0.493 e. The van der Waals surface area contributed by atoms with Gasteiger partial charge in [-0.3, -0.25) is 4.79 Å². The minimum absolute atomic E-state index is 0.113. The fraction of sp³-hybridized carbons (Fsp3) is 0.200. The average Bonchev–Trinajstić information content (AvgIpc) is 3.12. The summed E-state index contributed by atoms with van der Waals surface area (Å²) in [5.41, 5.74) is 1.79. The first-order chi connectivity index (χ1) is 13.9. The lowest BCUT2D eigenvalue weighted by atomic mass is 10.1. The Morgan fingerprint density at radius 3 is 2.52 bits per heavy atom. The molecule has 0 spiro atoms. The van der Waals surface area contributed by atoms with Crippen LogP contribution in [-0.2, 0) is 6.42 Å². The molecule has 1 heterocycles. The predicted molar refractivity (Wildman–Crippen MR) is 100 cm³/mol. The van der Waals surface area contributed by atoms with Crippen molar-refractivity contribution in [2.45, 2.75) is 20.0 Å². The van der Waals surface area contributed by atoms with E-state index in [1.54, 1.807) is 16.8 Å². The van der Waals surface area contributed by atoms with Crippen molar-refractivity contribution in [2.75, 3.05) is 12.4 Å². The van der Waals surface area contributed by atoms with Crippen LogP contribution in [-0.4, -0.2) is 29.4 Å². The molecule has 29 heavy (non-hydrogen) atoms. The summed E-state index contributed by atoms with van der Waals surface area (Å²) in [6.07, 6.45) is 1.89. The Bertz CT molecular complexity index is 1000. The number of methoxy groups -OCH3 is 1. The zero-order valence-corrected chi connectivity index (χ0v) is 15.7. The number of nitrogens with one attached hydrogen (secondary N) is 1. The molecule has 3 rings (SSSR count). The first-order valence-corrected chi connectivity index (χ1v) is 8.70. The van der Waals surface area contributed by atoms with Gasteiger partial charge in [-0.1, -0.05) is 6.92 Å². The highest BCUT2D eigenvalue weighted by atomic mass is 19.3. The number of benzene rings is 2. The van der Waals surface area contributed by atoms with E-state index in [0.29, 0.717) is 23.4 Å². The third kappa shape index (κ3) is 4.50. The van der Waals surface area contributed by atoms with Gasteiger partial charge in [-0.2, -0.15) is 13.9 Å². The number of carbonyl (C=O) groups excluding carboxylic acids is 1. The van der Waals surface area contributed by atoms with Gasteiger partial charge in [-0.05, 0) is 42.8 Å². The first-order valence-electron chi connectivity index (χ1n) is 8.70. The summed E-state index contributed by atoms with van der Waals surface area (Å²) < 4.78 is 49.3. The van der Waals surface area contributed by atoms with Crippen LogP contribution in [0.5, 0.6) is 11.5 Å². The van der Waals surface area contributed by atoms with Crippen LogP contribution in [0.25, 0.3) is 5.69 Å². The van der Waals surface area contributed by atoms with Crippen LogP contribution >= 0.6 is 0 Å². The number of nitrogens with zero attached hydrogens (tertiary/aromatic N) is 2. The second kappa shape index (κ2) is 8.68. The molecular formula is C20H18F3N3O3. The number of carbonyl (C=O) groups is 1. The summed E-state index contributed by atoms with van der Waals surface area (Å²) in [6.45, 7) is -1.18. The van der Waals surface area contributed by atoms with Gasteiger partial charge in [0, 0.05) is 11.8 Å². The Labute approximate surface area is 164 Å². The Morgan fingerprint density at radius 2 is 1.90 bits per heavy atom. The maximum absolute atomic E-state index is 13.2. The number of hydrogen-bond acceptors (Lipinski definition) is 4. The third-order valence-electron chi connectivity index (χ3n) is 4.16. The van der Waals surface area contributed by atoms with Crippen molar-refractivity contribution in [3.63, 3.8) is 0 Å². The van der Waals surface area contributed by atoms with Crippen molar-refractivity contribution in [3.8, 4) is 17.2 Å². The van der Waals surface area contributed by atoms with E-state index in [0.717, 1.165) is 0 Å². The Kier molecular flexibility index (Phi) is 6.06. The molecule has 0 aliphatic heterocycles. The fourth-order valence-electron chi connectivity index (χ4n) is 2.85. The summed E-state index contributed by atoms with van der Waals surface area (Å²) in [6, 6.07) is 9.89. The smallest absolute Gasteiger partial charge is 0.387 e. The van der Waals surface area contributed by atoms with Gasteiger partial charge in [-0.15, -0.1) is 0 Å². The van der Waals surface area contributed by atoms with E-state index in [1.807, 2.05) is 6.92 Å². The number of rotatable bonds is 7. The maximum Gasteiger partial charge on any atom is 0.387 e. The second-order valence-corrected chi connectivity index (χ2v) is 5.94. The molecule has 0 unspecified atom stereocenters.